The van der Waals surface area contributed by atoms with Crippen molar-refractivity contribution in [2.24, 2.45) is 23.7 Å². The Morgan fingerprint density at radius 3 is 2.26 bits per heavy atom. The van der Waals surface area contributed by atoms with E-state index in [1.807, 2.05) is 12.2 Å². The Bertz CT molecular complexity index is 904. The van der Waals surface area contributed by atoms with Crippen LogP contribution in [0.3, 0.4) is 0 Å². The molecule has 7 nitrogen and oxygen atoms in total. The van der Waals surface area contributed by atoms with Crippen LogP contribution in [0.15, 0.2) is 28.5 Å². The monoisotopic (exact) mass is 430 g/mol. The van der Waals surface area contributed by atoms with Crippen LogP contribution in [-0.4, -0.2) is 60.8 Å². The molecule has 4 atom stereocenters. The predicted octanol–water partition coefficient (Wildman–Crippen LogP) is 1.76. The Hall–Kier alpha value is -1.42. The molecule has 1 saturated carbocycles. The summed E-state index contributed by atoms with van der Waals surface area (Å²) in [4.78, 5) is 26.2. The first-order valence-electron chi connectivity index (χ1n) is 8.74. The number of hydrogen-bond donors (Lipinski definition) is 1. The number of rotatable bonds is 4. The molecule has 2 aliphatic carbocycles. The van der Waals surface area contributed by atoms with Crippen molar-refractivity contribution in [3.8, 4) is 0 Å². The molecule has 1 aliphatic heterocycles. The van der Waals surface area contributed by atoms with Gasteiger partial charge >= 0.3 is 5.97 Å². The molecular weight excluding hydrogens is 412 g/mol. The smallest absolute Gasteiger partial charge is 0.307 e. The number of sulfonamides is 1. The molecular formula is C17H19ClN2O5S2. The van der Waals surface area contributed by atoms with Gasteiger partial charge in [0.05, 0.1) is 16.2 Å². The van der Waals surface area contributed by atoms with Gasteiger partial charge in [-0.1, -0.05) is 23.8 Å². The first kappa shape index (κ1) is 18.9. The van der Waals surface area contributed by atoms with Crippen molar-refractivity contribution in [1.82, 2.24) is 9.21 Å². The van der Waals surface area contributed by atoms with E-state index in [-0.39, 0.29) is 48.1 Å². The van der Waals surface area contributed by atoms with E-state index in [1.54, 1.807) is 11.0 Å². The molecule has 0 spiro atoms. The van der Waals surface area contributed by atoms with E-state index < -0.39 is 27.8 Å². The van der Waals surface area contributed by atoms with Crippen LogP contribution in [-0.2, 0) is 19.6 Å². The molecule has 3 aliphatic rings. The number of amides is 1. The van der Waals surface area contributed by atoms with Crippen LogP contribution in [0.1, 0.15) is 6.42 Å². The summed E-state index contributed by atoms with van der Waals surface area (Å²) in [5.41, 5.74) is 0. The maximum absolute atomic E-state index is 13.0. The largest absolute Gasteiger partial charge is 0.481 e. The van der Waals surface area contributed by atoms with Gasteiger partial charge in [0.15, 0.2) is 0 Å². The highest BCUT2D eigenvalue weighted by Crippen LogP contribution is 2.48. The SMILES string of the molecule is O=C(O)[C@@H]1[C@H](C(=O)N2CCN(S(=O)(=O)c3ccc(Cl)s3)CC2)[C@H]2C=C[C@H]1C2. The summed E-state index contributed by atoms with van der Waals surface area (Å²) in [6.45, 7) is 0.915. The molecule has 2 bridgehead atoms. The second-order valence-electron chi connectivity index (χ2n) is 7.13. The number of carbonyl (C=O) groups excluding carboxylic acids is 1. The Kier molecular flexibility index (Phi) is 4.82. The van der Waals surface area contributed by atoms with Crippen LogP contribution >= 0.6 is 22.9 Å². The summed E-state index contributed by atoms with van der Waals surface area (Å²) < 4.78 is 27.3. The molecule has 1 saturated heterocycles. The van der Waals surface area contributed by atoms with E-state index in [1.165, 1.54) is 10.4 Å². The molecule has 10 heteroatoms. The molecule has 2 heterocycles. The van der Waals surface area contributed by atoms with Crippen LogP contribution < -0.4 is 0 Å². The van der Waals surface area contributed by atoms with E-state index in [0.29, 0.717) is 10.8 Å². The maximum Gasteiger partial charge on any atom is 0.307 e. The second-order valence-corrected chi connectivity index (χ2v) is 11.0. The molecule has 146 valence electrons. The second kappa shape index (κ2) is 6.88. The minimum absolute atomic E-state index is 0.0291. The predicted molar refractivity (Wildman–Crippen MR) is 100 cm³/mol. The fourth-order valence-corrected chi connectivity index (χ4v) is 7.48. The van der Waals surface area contributed by atoms with Gasteiger partial charge in [0.1, 0.15) is 4.21 Å². The van der Waals surface area contributed by atoms with Gasteiger partial charge in [0.25, 0.3) is 10.0 Å². The zero-order valence-corrected chi connectivity index (χ0v) is 16.7. The zero-order valence-electron chi connectivity index (χ0n) is 14.3. The van der Waals surface area contributed by atoms with Gasteiger partial charge in [0, 0.05) is 26.2 Å². The van der Waals surface area contributed by atoms with E-state index in [4.69, 9.17) is 11.6 Å². The number of carboxylic acids is 1. The van der Waals surface area contributed by atoms with Crippen molar-refractivity contribution in [3.05, 3.63) is 28.6 Å². The Balaban J connectivity index is 1.44. The number of carboxylic acid groups (broad SMARTS) is 1. The number of aliphatic carboxylic acids is 1. The number of halogens is 1. The Morgan fingerprint density at radius 1 is 1.07 bits per heavy atom. The minimum Gasteiger partial charge on any atom is -0.481 e. The lowest BCUT2D eigenvalue weighted by Crippen LogP contribution is -2.53. The number of thiophene rings is 1. The molecule has 4 rings (SSSR count). The number of hydrogen-bond acceptors (Lipinski definition) is 5. The van der Waals surface area contributed by atoms with E-state index in [9.17, 15) is 23.1 Å². The van der Waals surface area contributed by atoms with Crippen molar-refractivity contribution in [2.75, 3.05) is 26.2 Å². The van der Waals surface area contributed by atoms with Crippen LogP contribution in [0.4, 0.5) is 0 Å². The lowest BCUT2D eigenvalue weighted by molar-refractivity contribution is -0.151. The van der Waals surface area contributed by atoms with E-state index in [0.717, 1.165) is 11.3 Å². The topological polar surface area (TPSA) is 95.0 Å². The average Bonchev–Trinajstić information content (AvgIpc) is 3.36. The van der Waals surface area contributed by atoms with Crippen molar-refractivity contribution < 1.29 is 23.1 Å². The molecule has 0 radical (unpaired) electrons. The Labute approximate surface area is 166 Å². The summed E-state index contributed by atoms with van der Waals surface area (Å²) in [5.74, 6) is -2.43. The van der Waals surface area contributed by atoms with Gasteiger partial charge in [-0.3, -0.25) is 9.59 Å². The average molecular weight is 431 g/mol. The summed E-state index contributed by atoms with van der Waals surface area (Å²) >= 11 is 6.85. The quantitative estimate of drug-likeness (QED) is 0.734. The molecule has 27 heavy (non-hydrogen) atoms. The number of allylic oxidation sites excluding steroid dienone is 2. The van der Waals surface area contributed by atoms with E-state index in [2.05, 4.69) is 0 Å². The summed E-state index contributed by atoms with van der Waals surface area (Å²) in [6.07, 6.45) is 4.57. The fraction of sp³-hybridized carbons (Fsp3) is 0.529. The standard InChI is InChI=1S/C17H19ClN2O5S2/c18-12-3-4-13(26-12)27(24,25)20-7-5-19(6-8-20)16(21)14-10-1-2-11(9-10)15(14)17(22)23/h1-4,10-11,14-15H,5-9H2,(H,22,23)/t10-,11-,14+,15-/m0/s1. The third kappa shape index (κ3) is 3.20. The van der Waals surface area contributed by atoms with Crippen LogP contribution in [0, 0.1) is 23.7 Å². The number of nitrogens with zero attached hydrogens (tertiary/aromatic N) is 2. The lowest BCUT2D eigenvalue weighted by atomic mass is 9.82. The van der Waals surface area contributed by atoms with Crippen molar-refractivity contribution in [2.45, 2.75) is 10.6 Å². The summed E-state index contributed by atoms with van der Waals surface area (Å²) in [7, 11) is -3.62. The lowest BCUT2D eigenvalue weighted by Gasteiger charge is -2.37. The van der Waals surface area contributed by atoms with Gasteiger partial charge < -0.3 is 10.0 Å². The molecule has 1 amide bonds. The normalized spacial score (nSPS) is 30.8. The first-order valence-corrected chi connectivity index (χ1v) is 11.4. The van der Waals surface area contributed by atoms with Gasteiger partial charge in [-0.25, -0.2) is 8.42 Å². The maximum atomic E-state index is 13.0. The zero-order chi connectivity index (χ0) is 19.3. The van der Waals surface area contributed by atoms with Crippen LogP contribution in [0.2, 0.25) is 4.34 Å². The van der Waals surface area contributed by atoms with Gasteiger partial charge in [-0.15, -0.1) is 11.3 Å². The minimum atomic E-state index is -3.62. The molecule has 1 aromatic heterocycles. The van der Waals surface area contributed by atoms with Gasteiger partial charge in [0.2, 0.25) is 5.91 Å². The molecule has 0 aromatic carbocycles. The third-order valence-electron chi connectivity index (χ3n) is 5.72. The summed E-state index contributed by atoms with van der Waals surface area (Å²) in [6, 6.07) is 3.03. The third-order valence-corrected chi connectivity index (χ3v) is 9.32. The van der Waals surface area contributed by atoms with Crippen LogP contribution in [0.5, 0.6) is 0 Å². The van der Waals surface area contributed by atoms with Crippen molar-refractivity contribution in [3.63, 3.8) is 0 Å². The highest BCUT2D eigenvalue weighted by Gasteiger charge is 2.52. The highest BCUT2D eigenvalue weighted by molar-refractivity contribution is 7.91. The van der Waals surface area contributed by atoms with Gasteiger partial charge in [-0.2, -0.15) is 4.31 Å². The molecule has 2 fully saturated rings. The number of fused-ring (bicyclic) bond motifs is 2. The summed E-state index contributed by atoms with van der Waals surface area (Å²) in [5, 5.41) is 9.53. The van der Waals surface area contributed by atoms with Crippen molar-refractivity contribution >= 4 is 44.8 Å². The number of carbonyl (C=O) groups is 2. The van der Waals surface area contributed by atoms with Crippen molar-refractivity contribution in [1.29, 1.82) is 0 Å². The fourth-order valence-electron chi connectivity index (χ4n) is 4.42. The molecule has 0 unspecified atom stereocenters. The van der Waals surface area contributed by atoms with E-state index >= 15 is 0 Å². The first-order chi connectivity index (χ1) is 12.8. The Morgan fingerprint density at radius 2 is 1.70 bits per heavy atom. The molecule has 1 N–H and O–H groups in total. The van der Waals surface area contributed by atoms with Crippen LogP contribution in [0.25, 0.3) is 0 Å². The molecule has 1 aromatic rings. The number of piperazine rings is 1. The highest BCUT2D eigenvalue weighted by atomic mass is 35.5. The van der Waals surface area contributed by atoms with Gasteiger partial charge in [-0.05, 0) is 30.4 Å².